The number of anilines is 1. The lowest BCUT2D eigenvalue weighted by Crippen LogP contribution is -2.19. The quantitative estimate of drug-likeness (QED) is 0.617. The van der Waals surface area contributed by atoms with Crippen LogP contribution in [0.4, 0.5) is 5.13 Å². The molecule has 1 aromatic rings. The van der Waals surface area contributed by atoms with Gasteiger partial charge in [0.05, 0.1) is 6.61 Å². The lowest BCUT2D eigenvalue weighted by Gasteiger charge is -2.13. The van der Waals surface area contributed by atoms with Crippen LogP contribution >= 0.6 is 11.3 Å². The normalized spacial score (nSPS) is 18.4. The van der Waals surface area contributed by atoms with Gasteiger partial charge in [0.15, 0.2) is 16.6 Å². The molecule has 1 atom stereocenters. The molecule has 0 spiro atoms. The molecular weight excluding hydrogens is 276 g/mol. The molecular formula is C14H20N2O3S. The first kappa shape index (κ1) is 15.0. The molecule has 1 saturated heterocycles. The molecule has 2 heterocycles. The standard InChI is InChI=1S/C14H20N2O3S/c1-4-10-6-7-16(8-10)14-15-11(13(18)19-5-2)12(20-14)9(3)17/h10H,4-8H2,1-3H3. The van der Waals surface area contributed by atoms with Crippen molar-refractivity contribution in [3.8, 4) is 0 Å². The molecule has 2 rings (SSSR count). The molecule has 5 nitrogen and oxygen atoms in total. The van der Waals surface area contributed by atoms with Crippen molar-refractivity contribution in [2.24, 2.45) is 5.92 Å². The van der Waals surface area contributed by atoms with Crippen molar-refractivity contribution in [2.75, 3.05) is 24.6 Å². The Hall–Kier alpha value is -1.43. The third-order valence-corrected chi connectivity index (χ3v) is 4.76. The zero-order valence-electron chi connectivity index (χ0n) is 12.1. The van der Waals surface area contributed by atoms with Gasteiger partial charge in [-0.1, -0.05) is 24.7 Å². The van der Waals surface area contributed by atoms with Crippen LogP contribution in [0.25, 0.3) is 0 Å². The van der Waals surface area contributed by atoms with Gasteiger partial charge >= 0.3 is 5.97 Å². The smallest absolute Gasteiger partial charge is 0.358 e. The first-order chi connectivity index (χ1) is 9.56. The lowest BCUT2D eigenvalue weighted by molar-refractivity contribution is 0.0517. The molecule has 0 saturated carbocycles. The molecule has 0 radical (unpaired) electrons. The minimum atomic E-state index is -0.508. The number of ether oxygens (including phenoxy) is 1. The summed E-state index contributed by atoms with van der Waals surface area (Å²) in [7, 11) is 0. The molecule has 1 unspecified atom stereocenters. The fourth-order valence-electron chi connectivity index (χ4n) is 2.36. The number of nitrogens with zero attached hydrogens (tertiary/aromatic N) is 2. The van der Waals surface area contributed by atoms with Crippen LogP contribution in [0.2, 0.25) is 0 Å². The van der Waals surface area contributed by atoms with E-state index in [1.807, 2.05) is 0 Å². The third kappa shape index (κ3) is 3.00. The molecule has 0 aromatic carbocycles. The van der Waals surface area contributed by atoms with E-state index in [0.717, 1.165) is 31.1 Å². The van der Waals surface area contributed by atoms with E-state index in [1.165, 1.54) is 18.3 Å². The number of carbonyl (C=O) groups is 2. The summed E-state index contributed by atoms with van der Waals surface area (Å²) in [4.78, 5) is 30.4. The van der Waals surface area contributed by atoms with Crippen molar-refractivity contribution in [1.29, 1.82) is 0 Å². The van der Waals surface area contributed by atoms with Crippen molar-refractivity contribution in [1.82, 2.24) is 4.98 Å². The molecule has 20 heavy (non-hydrogen) atoms. The van der Waals surface area contributed by atoms with Gasteiger partial charge in [0, 0.05) is 20.0 Å². The van der Waals surface area contributed by atoms with E-state index in [4.69, 9.17) is 4.74 Å². The van der Waals surface area contributed by atoms with E-state index in [9.17, 15) is 9.59 Å². The molecule has 0 aliphatic carbocycles. The number of rotatable bonds is 5. The highest BCUT2D eigenvalue weighted by molar-refractivity contribution is 7.17. The first-order valence-electron chi connectivity index (χ1n) is 7.00. The predicted octanol–water partition coefficient (Wildman–Crippen LogP) is 2.76. The fourth-order valence-corrected chi connectivity index (χ4v) is 3.34. The molecule has 1 aliphatic heterocycles. The van der Waals surface area contributed by atoms with E-state index in [2.05, 4.69) is 16.8 Å². The minimum Gasteiger partial charge on any atom is -0.461 e. The van der Waals surface area contributed by atoms with Crippen LogP contribution in [-0.4, -0.2) is 36.4 Å². The number of ketones is 1. The van der Waals surface area contributed by atoms with E-state index in [1.54, 1.807) is 6.92 Å². The van der Waals surface area contributed by atoms with Gasteiger partial charge in [0.1, 0.15) is 4.88 Å². The van der Waals surface area contributed by atoms with Gasteiger partial charge in [-0.3, -0.25) is 4.79 Å². The van der Waals surface area contributed by atoms with Gasteiger partial charge in [-0.2, -0.15) is 0 Å². The Morgan fingerprint density at radius 1 is 1.45 bits per heavy atom. The Kier molecular flexibility index (Phi) is 4.75. The topological polar surface area (TPSA) is 59.5 Å². The first-order valence-corrected chi connectivity index (χ1v) is 7.82. The van der Waals surface area contributed by atoms with Crippen molar-refractivity contribution < 1.29 is 14.3 Å². The molecule has 0 N–H and O–H groups in total. The van der Waals surface area contributed by atoms with Crippen molar-refractivity contribution >= 4 is 28.2 Å². The minimum absolute atomic E-state index is 0.136. The summed E-state index contributed by atoms with van der Waals surface area (Å²) < 4.78 is 4.97. The molecule has 0 amide bonds. The summed E-state index contributed by atoms with van der Waals surface area (Å²) in [6, 6.07) is 0. The summed E-state index contributed by atoms with van der Waals surface area (Å²) in [5.74, 6) is 0.0280. The van der Waals surface area contributed by atoms with E-state index < -0.39 is 5.97 Å². The summed E-state index contributed by atoms with van der Waals surface area (Å²) in [5.41, 5.74) is 0.166. The second kappa shape index (κ2) is 6.35. The maximum atomic E-state index is 11.9. The number of hydrogen-bond acceptors (Lipinski definition) is 6. The predicted molar refractivity (Wildman–Crippen MR) is 78.7 cm³/mol. The zero-order valence-corrected chi connectivity index (χ0v) is 13.0. The van der Waals surface area contributed by atoms with Gasteiger partial charge in [0.25, 0.3) is 0 Å². The highest BCUT2D eigenvalue weighted by atomic mass is 32.1. The fraction of sp³-hybridized carbons (Fsp3) is 0.643. The second-order valence-corrected chi connectivity index (χ2v) is 5.94. The largest absolute Gasteiger partial charge is 0.461 e. The maximum absolute atomic E-state index is 11.9. The average molecular weight is 296 g/mol. The number of carbonyl (C=O) groups excluding carboxylic acids is 2. The summed E-state index contributed by atoms with van der Waals surface area (Å²) in [5, 5.41) is 0.759. The zero-order chi connectivity index (χ0) is 14.7. The SMILES string of the molecule is CCOC(=O)c1nc(N2CCC(CC)C2)sc1C(C)=O. The highest BCUT2D eigenvalue weighted by Gasteiger charge is 2.28. The highest BCUT2D eigenvalue weighted by Crippen LogP contribution is 2.32. The van der Waals surface area contributed by atoms with Crippen LogP contribution in [0.1, 0.15) is 53.8 Å². The van der Waals surface area contributed by atoms with Gasteiger partial charge in [0.2, 0.25) is 0 Å². The van der Waals surface area contributed by atoms with E-state index in [-0.39, 0.29) is 18.1 Å². The van der Waals surface area contributed by atoms with Crippen LogP contribution < -0.4 is 4.90 Å². The average Bonchev–Trinajstić information content (AvgIpc) is 3.05. The summed E-state index contributed by atoms with van der Waals surface area (Å²) >= 11 is 1.30. The van der Waals surface area contributed by atoms with Crippen LogP contribution in [0, 0.1) is 5.92 Å². The van der Waals surface area contributed by atoms with Crippen molar-refractivity contribution in [2.45, 2.75) is 33.6 Å². The van der Waals surface area contributed by atoms with Crippen LogP contribution in [0.5, 0.6) is 0 Å². The molecule has 110 valence electrons. The molecule has 1 aliphatic rings. The Morgan fingerprint density at radius 3 is 2.75 bits per heavy atom. The Morgan fingerprint density at radius 2 is 2.20 bits per heavy atom. The molecule has 0 bridgehead atoms. The number of hydrogen-bond donors (Lipinski definition) is 0. The van der Waals surface area contributed by atoms with Crippen molar-refractivity contribution in [3.63, 3.8) is 0 Å². The van der Waals surface area contributed by atoms with Crippen LogP contribution in [-0.2, 0) is 4.74 Å². The maximum Gasteiger partial charge on any atom is 0.358 e. The molecule has 1 fully saturated rings. The van der Waals surface area contributed by atoms with E-state index in [0.29, 0.717) is 10.8 Å². The van der Waals surface area contributed by atoms with Gasteiger partial charge in [-0.25, -0.2) is 9.78 Å². The monoisotopic (exact) mass is 296 g/mol. The van der Waals surface area contributed by atoms with Crippen LogP contribution in [0.3, 0.4) is 0 Å². The molecule has 6 heteroatoms. The Balaban J connectivity index is 2.25. The third-order valence-electron chi connectivity index (χ3n) is 3.54. The van der Waals surface area contributed by atoms with Gasteiger partial charge in [-0.05, 0) is 19.3 Å². The van der Waals surface area contributed by atoms with Gasteiger partial charge in [-0.15, -0.1) is 0 Å². The Labute approximate surface area is 122 Å². The number of esters is 1. The van der Waals surface area contributed by atoms with Crippen molar-refractivity contribution in [3.05, 3.63) is 10.6 Å². The van der Waals surface area contributed by atoms with E-state index >= 15 is 0 Å². The second-order valence-electron chi connectivity index (χ2n) is 4.96. The van der Waals surface area contributed by atoms with Gasteiger partial charge < -0.3 is 9.64 Å². The summed E-state index contributed by atoms with van der Waals surface area (Å²) in [6.07, 6.45) is 2.28. The van der Waals surface area contributed by atoms with Crippen LogP contribution in [0.15, 0.2) is 0 Å². The molecule has 1 aromatic heterocycles. The lowest BCUT2D eigenvalue weighted by atomic mass is 10.1. The summed E-state index contributed by atoms with van der Waals surface area (Å²) in [6.45, 7) is 7.55. The number of Topliss-reactive ketones (excluding diaryl/α,β-unsaturated/α-hetero) is 1. The number of aromatic nitrogens is 1. The number of thiazole rings is 1. The Bertz CT molecular complexity index is 513.